The minimum absolute atomic E-state index is 0.196. The van der Waals surface area contributed by atoms with Crippen molar-refractivity contribution in [2.75, 3.05) is 7.11 Å². The first-order valence-electron chi connectivity index (χ1n) is 24.0. The van der Waals surface area contributed by atoms with E-state index in [0.29, 0.717) is 94.7 Å². The summed E-state index contributed by atoms with van der Waals surface area (Å²) in [7, 11) is 1.06. The molecule has 4 saturated carbocycles. The summed E-state index contributed by atoms with van der Waals surface area (Å²) in [5.41, 5.74) is 1.31. The van der Waals surface area contributed by atoms with Crippen LogP contribution in [0.2, 0.25) is 0 Å². The van der Waals surface area contributed by atoms with E-state index < -0.39 is 18.3 Å². The maximum Gasteiger partial charge on any atom is 0.494 e. The summed E-state index contributed by atoms with van der Waals surface area (Å²) in [4.78, 5) is 12.4. The normalized spacial score (nSPS) is 41.2. The predicted octanol–water partition coefficient (Wildman–Crippen LogP) is 12.5. The van der Waals surface area contributed by atoms with Crippen LogP contribution in [0.4, 0.5) is 0 Å². The number of esters is 1. The third-order valence-electron chi connectivity index (χ3n) is 17.3. The molecule has 1 aromatic rings. The quantitative estimate of drug-likeness (QED) is 0.166. The van der Waals surface area contributed by atoms with Gasteiger partial charge < -0.3 is 14.0 Å². The van der Waals surface area contributed by atoms with Crippen LogP contribution in [0, 0.1) is 94.7 Å². The van der Waals surface area contributed by atoms with Gasteiger partial charge in [-0.25, -0.2) is 0 Å². The molecule has 0 amide bonds. The van der Waals surface area contributed by atoms with Crippen molar-refractivity contribution in [3.05, 3.63) is 29.8 Å². The van der Waals surface area contributed by atoms with Crippen molar-refractivity contribution in [3.63, 3.8) is 0 Å². The Morgan fingerprint density at radius 2 is 0.875 bits per heavy atom. The molecule has 4 nitrogen and oxygen atoms in total. The first kappa shape index (κ1) is 44.2. The van der Waals surface area contributed by atoms with Gasteiger partial charge in [-0.05, 0) is 157 Å². The lowest BCUT2D eigenvalue weighted by Crippen LogP contribution is -2.73. The lowest BCUT2D eigenvalue weighted by Gasteiger charge is -2.67. The average molecular weight is 773 g/mol. The van der Waals surface area contributed by atoms with Crippen LogP contribution < -0.4 is 5.46 Å². The highest BCUT2D eigenvalue weighted by Gasteiger charge is 2.76. The number of rotatable bonds is 11. The number of hydrogen-bond acceptors (Lipinski definition) is 4. The minimum Gasteiger partial charge on any atom is -0.469 e. The third kappa shape index (κ3) is 8.36. The predicted molar refractivity (Wildman–Crippen MR) is 235 cm³/mol. The van der Waals surface area contributed by atoms with Crippen LogP contribution in [-0.2, 0) is 25.3 Å². The molecule has 0 bridgehead atoms. The molecule has 1 heterocycles. The molecule has 1 aliphatic heterocycles. The van der Waals surface area contributed by atoms with E-state index in [9.17, 15) is 4.79 Å². The van der Waals surface area contributed by atoms with Gasteiger partial charge in [-0.2, -0.15) is 0 Å². The summed E-state index contributed by atoms with van der Waals surface area (Å²) >= 11 is 0. The Kier molecular flexibility index (Phi) is 14.3. The highest BCUT2D eigenvalue weighted by molar-refractivity contribution is 6.62. The number of ether oxygens (including phenoxy) is 1. The topological polar surface area (TPSA) is 44.8 Å². The van der Waals surface area contributed by atoms with E-state index in [1.54, 1.807) is 0 Å². The SMILES string of the molecule is COC(=O)Cc1ccc(B2OC(C3CC(C)CCC3C(C)C)(C3CC(C)CCC3C(C)C)C(C3CC(C)CCC3C(C)C)(C3CC(C)CCC3C(C)C)O2)cc1. The molecule has 6 rings (SSSR count). The molecule has 12 unspecified atom stereocenters. The summed E-state index contributed by atoms with van der Waals surface area (Å²) in [6.45, 7) is 30.6. The van der Waals surface area contributed by atoms with Crippen LogP contribution in [-0.4, -0.2) is 31.4 Å². The van der Waals surface area contributed by atoms with Gasteiger partial charge in [0.05, 0.1) is 24.7 Å². The molecule has 0 radical (unpaired) electrons. The van der Waals surface area contributed by atoms with Gasteiger partial charge >= 0.3 is 13.1 Å². The molecule has 316 valence electrons. The van der Waals surface area contributed by atoms with Crippen LogP contribution in [0.1, 0.15) is 166 Å². The Morgan fingerprint density at radius 1 is 0.571 bits per heavy atom. The van der Waals surface area contributed by atoms with Gasteiger partial charge in [0, 0.05) is 0 Å². The highest BCUT2D eigenvalue weighted by atomic mass is 16.7. The van der Waals surface area contributed by atoms with E-state index in [-0.39, 0.29) is 12.4 Å². The van der Waals surface area contributed by atoms with E-state index in [0.717, 1.165) is 11.0 Å². The summed E-state index contributed by atoms with van der Waals surface area (Å²) in [5.74, 6) is 9.13. The molecule has 1 aromatic carbocycles. The maximum absolute atomic E-state index is 12.4. The Balaban J connectivity index is 1.72. The molecule has 5 aliphatic rings. The fraction of sp³-hybridized carbons (Fsp3) is 0.863. The highest BCUT2D eigenvalue weighted by Crippen LogP contribution is 2.69. The number of carbonyl (C=O) groups excluding carboxylic acids is 1. The van der Waals surface area contributed by atoms with Crippen molar-refractivity contribution >= 4 is 18.6 Å². The molecule has 12 atom stereocenters. The first-order valence-corrected chi connectivity index (χ1v) is 24.0. The van der Waals surface area contributed by atoms with E-state index in [1.165, 1.54) is 84.2 Å². The Labute approximate surface area is 345 Å². The van der Waals surface area contributed by atoms with E-state index >= 15 is 0 Å². The van der Waals surface area contributed by atoms with E-state index in [2.05, 4.69) is 107 Å². The van der Waals surface area contributed by atoms with E-state index in [4.69, 9.17) is 14.0 Å². The van der Waals surface area contributed by atoms with Crippen LogP contribution in [0.25, 0.3) is 0 Å². The average Bonchev–Trinajstić information content (AvgIpc) is 3.52. The van der Waals surface area contributed by atoms with Gasteiger partial charge in [0.25, 0.3) is 0 Å². The molecule has 5 fully saturated rings. The first-order chi connectivity index (χ1) is 26.5. The fourth-order valence-electron chi connectivity index (χ4n) is 14.6. The molecular formula is C51H85BO4. The van der Waals surface area contributed by atoms with Gasteiger partial charge in [-0.3, -0.25) is 4.79 Å². The van der Waals surface area contributed by atoms with Gasteiger partial charge in [0.2, 0.25) is 0 Å². The number of carbonyl (C=O) groups is 1. The monoisotopic (exact) mass is 773 g/mol. The standard InChI is InChI=1S/C51H85BO4/c1-31(2)41-22-14-35(9)26-45(41)50(46-27-36(10)15-23-42(46)32(3)4)51(47-28-37(11)16-24-43(47)33(5)6,48-29-38(12)17-25-44(48)34(7)8)56-52(55-50)40-20-18-39(19-21-40)30-49(53)54-13/h18-21,31-38,41-48H,14-17,22-30H2,1-13H3. The zero-order valence-electron chi connectivity index (χ0n) is 38.4. The van der Waals surface area contributed by atoms with Gasteiger partial charge in [-0.15, -0.1) is 0 Å². The zero-order valence-corrected chi connectivity index (χ0v) is 38.4. The summed E-state index contributed by atoms with van der Waals surface area (Å²) < 4.78 is 22.2. The molecule has 1 saturated heterocycles. The lowest BCUT2D eigenvalue weighted by molar-refractivity contribution is -0.250. The molecule has 5 heteroatoms. The van der Waals surface area contributed by atoms with Crippen LogP contribution in [0.5, 0.6) is 0 Å². The van der Waals surface area contributed by atoms with Crippen molar-refractivity contribution in [3.8, 4) is 0 Å². The fourth-order valence-corrected chi connectivity index (χ4v) is 14.6. The van der Waals surface area contributed by atoms with Gasteiger partial charge in [0.1, 0.15) is 0 Å². The van der Waals surface area contributed by atoms with Crippen LogP contribution in [0.3, 0.4) is 0 Å². The lowest BCUT2D eigenvalue weighted by atomic mass is 9.42. The summed E-state index contributed by atoms with van der Waals surface area (Å²) in [5, 5.41) is 0. The second-order valence-electron chi connectivity index (χ2n) is 22.4. The molecule has 4 aliphatic carbocycles. The number of methoxy groups -OCH3 is 1. The van der Waals surface area contributed by atoms with Crippen LogP contribution in [0.15, 0.2) is 24.3 Å². The van der Waals surface area contributed by atoms with Crippen molar-refractivity contribution in [2.24, 2.45) is 94.7 Å². The molecule has 0 aromatic heterocycles. The molecule has 56 heavy (non-hydrogen) atoms. The van der Waals surface area contributed by atoms with Crippen molar-refractivity contribution in [2.45, 2.75) is 178 Å². The third-order valence-corrected chi connectivity index (χ3v) is 17.3. The molecule has 0 N–H and O–H groups in total. The Bertz CT molecular complexity index is 1280. The second-order valence-corrected chi connectivity index (χ2v) is 22.4. The second kappa shape index (κ2) is 18.1. The number of hydrogen-bond donors (Lipinski definition) is 0. The minimum atomic E-state index is -0.424. The molecule has 0 spiro atoms. The number of benzene rings is 1. The zero-order chi connectivity index (χ0) is 40.7. The van der Waals surface area contributed by atoms with Gasteiger partial charge in [-0.1, -0.05) is 133 Å². The van der Waals surface area contributed by atoms with Crippen molar-refractivity contribution < 1.29 is 18.8 Å². The Morgan fingerprint density at radius 3 is 1.14 bits per heavy atom. The summed E-state index contributed by atoms with van der Waals surface area (Å²) in [6, 6.07) is 8.76. The van der Waals surface area contributed by atoms with Crippen LogP contribution >= 0.6 is 0 Å². The molecular weight excluding hydrogens is 687 g/mol. The Hall–Kier alpha value is -1.33. The van der Waals surface area contributed by atoms with Gasteiger partial charge in [0.15, 0.2) is 0 Å². The van der Waals surface area contributed by atoms with Crippen molar-refractivity contribution in [1.29, 1.82) is 0 Å². The smallest absolute Gasteiger partial charge is 0.469 e. The van der Waals surface area contributed by atoms with E-state index in [1.807, 2.05) is 0 Å². The maximum atomic E-state index is 12.4. The summed E-state index contributed by atoms with van der Waals surface area (Å²) in [6.07, 6.45) is 15.8. The van der Waals surface area contributed by atoms with Crippen molar-refractivity contribution in [1.82, 2.24) is 0 Å². The largest absolute Gasteiger partial charge is 0.494 e.